The van der Waals surface area contributed by atoms with E-state index >= 15 is 0 Å². The highest BCUT2D eigenvalue weighted by Gasteiger charge is 2.12. The molecule has 0 heterocycles. The molecule has 0 fully saturated rings. The number of hydrogen-bond donors (Lipinski definition) is 1. The monoisotopic (exact) mass is 239 g/mol. The van der Waals surface area contributed by atoms with Crippen molar-refractivity contribution in [3.05, 3.63) is 28.3 Å². The Hall–Kier alpha value is -1.82. The Bertz CT molecular complexity index is 407. The van der Waals surface area contributed by atoms with E-state index in [9.17, 15) is 15.2 Å². The predicted octanol–water partition coefficient (Wildman–Crippen LogP) is 1.30. The van der Waals surface area contributed by atoms with Crippen LogP contribution in [-0.2, 0) is 0 Å². The second kappa shape index (κ2) is 5.49. The molecule has 1 rings (SSSR count). The van der Waals surface area contributed by atoms with E-state index in [0.29, 0.717) is 5.69 Å². The van der Waals surface area contributed by atoms with Crippen LogP contribution in [0, 0.1) is 10.1 Å². The molecular formula is C11H17N3O3. The van der Waals surface area contributed by atoms with Crippen LogP contribution in [0.5, 0.6) is 5.75 Å². The lowest BCUT2D eigenvalue weighted by Crippen LogP contribution is -2.28. The quantitative estimate of drug-likeness (QED) is 0.619. The lowest BCUT2D eigenvalue weighted by Gasteiger charge is -2.22. The van der Waals surface area contributed by atoms with Crippen molar-refractivity contribution in [1.82, 2.24) is 4.90 Å². The second-order valence-corrected chi connectivity index (χ2v) is 4.15. The van der Waals surface area contributed by atoms with Gasteiger partial charge in [0.25, 0.3) is 5.69 Å². The van der Waals surface area contributed by atoms with Crippen LogP contribution in [0.4, 0.5) is 11.4 Å². The molecule has 0 aliphatic heterocycles. The van der Waals surface area contributed by atoms with E-state index in [-0.39, 0.29) is 11.4 Å². The number of phenolic OH excluding ortho intramolecular Hbond substituents is 1. The highest BCUT2D eigenvalue weighted by Crippen LogP contribution is 2.30. The molecule has 6 nitrogen and oxygen atoms in total. The van der Waals surface area contributed by atoms with Crippen LogP contribution in [0.15, 0.2) is 18.2 Å². The van der Waals surface area contributed by atoms with Crippen molar-refractivity contribution in [3.8, 4) is 5.75 Å². The number of nitrogens with zero attached hydrogens (tertiary/aromatic N) is 3. The predicted molar refractivity (Wildman–Crippen MR) is 66.6 cm³/mol. The third kappa shape index (κ3) is 3.60. The van der Waals surface area contributed by atoms with Gasteiger partial charge in [-0.05, 0) is 20.2 Å². The fraction of sp³-hybridized carbons (Fsp3) is 0.455. The van der Waals surface area contributed by atoms with Gasteiger partial charge in [-0.25, -0.2) is 0 Å². The Kier molecular flexibility index (Phi) is 4.28. The van der Waals surface area contributed by atoms with E-state index in [1.165, 1.54) is 12.1 Å². The molecular weight excluding hydrogens is 222 g/mol. The first kappa shape index (κ1) is 13.2. The van der Waals surface area contributed by atoms with Gasteiger partial charge >= 0.3 is 0 Å². The Labute approximate surface area is 100 Å². The minimum Gasteiger partial charge on any atom is -0.506 e. The van der Waals surface area contributed by atoms with Gasteiger partial charge in [0, 0.05) is 26.2 Å². The molecule has 1 aromatic rings. The minimum absolute atomic E-state index is 0.0690. The zero-order valence-corrected chi connectivity index (χ0v) is 10.3. The molecule has 0 atom stereocenters. The van der Waals surface area contributed by atoms with Crippen molar-refractivity contribution in [3.63, 3.8) is 0 Å². The zero-order chi connectivity index (χ0) is 13.0. The van der Waals surface area contributed by atoms with Crippen molar-refractivity contribution in [2.75, 3.05) is 39.1 Å². The summed E-state index contributed by atoms with van der Waals surface area (Å²) < 4.78 is 0. The van der Waals surface area contributed by atoms with Gasteiger partial charge in [-0.3, -0.25) is 10.1 Å². The molecule has 6 heteroatoms. The number of aromatic hydroxyl groups is 1. The number of phenols is 1. The molecule has 0 radical (unpaired) electrons. The number of non-ortho nitro benzene ring substituents is 1. The highest BCUT2D eigenvalue weighted by molar-refractivity contribution is 5.61. The first-order valence-electron chi connectivity index (χ1n) is 5.25. The van der Waals surface area contributed by atoms with Gasteiger partial charge in [0.2, 0.25) is 0 Å². The van der Waals surface area contributed by atoms with E-state index in [1.54, 1.807) is 6.07 Å². The summed E-state index contributed by atoms with van der Waals surface area (Å²) in [5.41, 5.74) is 0.490. The maximum Gasteiger partial charge on any atom is 0.273 e. The summed E-state index contributed by atoms with van der Waals surface area (Å²) >= 11 is 0. The van der Waals surface area contributed by atoms with Crippen LogP contribution < -0.4 is 4.90 Å². The summed E-state index contributed by atoms with van der Waals surface area (Å²) in [6, 6.07) is 4.12. The SMILES string of the molecule is CN(C)CCN(C)c1ccc([N+](=O)[O-])cc1O. The van der Waals surface area contributed by atoms with Gasteiger partial charge in [-0.2, -0.15) is 0 Å². The Balaban J connectivity index is 2.81. The van der Waals surface area contributed by atoms with Crippen LogP contribution in [0.3, 0.4) is 0 Å². The number of likely N-dealkylation sites (N-methyl/N-ethyl adjacent to an activating group) is 2. The third-order valence-electron chi connectivity index (χ3n) is 2.46. The molecule has 0 aromatic heterocycles. The summed E-state index contributed by atoms with van der Waals surface area (Å²) in [7, 11) is 5.76. The van der Waals surface area contributed by atoms with E-state index in [2.05, 4.69) is 0 Å². The molecule has 0 bridgehead atoms. The summed E-state index contributed by atoms with van der Waals surface area (Å²) in [4.78, 5) is 13.9. The average Bonchev–Trinajstić information content (AvgIpc) is 2.25. The average molecular weight is 239 g/mol. The summed E-state index contributed by atoms with van der Waals surface area (Å²) in [5.74, 6) is -0.0690. The summed E-state index contributed by atoms with van der Waals surface area (Å²) in [5, 5.41) is 20.2. The standard InChI is InChI=1S/C11H17N3O3/c1-12(2)6-7-13(3)10-5-4-9(14(16)17)8-11(10)15/h4-5,8,15H,6-7H2,1-3H3. The molecule has 0 saturated heterocycles. The molecule has 0 spiro atoms. The fourth-order valence-electron chi connectivity index (χ4n) is 1.42. The van der Waals surface area contributed by atoms with Crippen molar-refractivity contribution in [2.24, 2.45) is 0 Å². The smallest absolute Gasteiger partial charge is 0.273 e. The molecule has 94 valence electrons. The number of nitro groups is 1. The highest BCUT2D eigenvalue weighted by atomic mass is 16.6. The normalized spacial score (nSPS) is 10.6. The topological polar surface area (TPSA) is 69.9 Å². The molecule has 0 unspecified atom stereocenters. The van der Waals surface area contributed by atoms with E-state index < -0.39 is 4.92 Å². The van der Waals surface area contributed by atoms with Crippen molar-refractivity contribution < 1.29 is 10.0 Å². The molecule has 0 aliphatic carbocycles. The minimum atomic E-state index is -0.524. The maximum atomic E-state index is 10.5. The van der Waals surface area contributed by atoms with Crippen LogP contribution in [-0.4, -0.2) is 49.2 Å². The van der Waals surface area contributed by atoms with E-state index in [1.807, 2.05) is 30.9 Å². The molecule has 1 aromatic carbocycles. The number of rotatable bonds is 5. The summed E-state index contributed by atoms with van der Waals surface area (Å²) in [6.07, 6.45) is 0. The first-order chi connectivity index (χ1) is 7.91. The van der Waals surface area contributed by atoms with Gasteiger partial charge in [0.15, 0.2) is 0 Å². The lowest BCUT2D eigenvalue weighted by atomic mass is 10.2. The van der Waals surface area contributed by atoms with Gasteiger partial charge in [-0.1, -0.05) is 0 Å². The number of nitro benzene ring substituents is 1. The molecule has 0 saturated carbocycles. The van der Waals surface area contributed by atoms with E-state index in [4.69, 9.17) is 0 Å². The summed E-state index contributed by atoms with van der Waals surface area (Å²) in [6.45, 7) is 1.57. The molecule has 17 heavy (non-hydrogen) atoms. The maximum absolute atomic E-state index is 10.5. The van der Waals surface area contributed by atoms with Crippen LogP contribution in [0.1, 0.15) is 0 Å². The molecule has 1 N–H and O–H groups in total. The largest absolute Gasteiger partial charge is 0.506 e. The first-order valence-corrected chi connectivity index (χ1v) is 5.25. The van der Waals surface area contributed by atoms with Crippen molar-refractivity contribution in [1.29, 1.82) is 0 Å². The fourth-order valence-corrected chi connectivity index (χ4v) is 1.42. The van der Waals surface area contributed by atoms with Crippen molar-refractivity contribution in [2.45, 2.75) is 0 Å². The molecule has 0 aliphatic rings. The van der Waals surface area contributed by atoms with E-state index in [0.717, 1.165) is 13.1 Å². The Morgan fingerprint density at radius 2 is 1.94 bits per heavy atom. The number of hydrogen-bond acceptors (Lipinski definition) is 5. The number of anilines is 1. The Morgan fingerprint density at radius 3 is 2.41 bits per heavy atom. The Morgan fingerprint density at radius 1 is 1.29 bits per heavy atom. The van der Waals surface area contributed by atoms with Gasteiger partial charge in [0.1, 0.15) is 5.75 Å². The number of benzene rings is 1. The van der Waals surface area contributed by atoms with Gasteiger partial charge < -0.3 is 14.9 Å². The van der Waals surface area contributed by atoms with Crippen molar-refractivity contribution >= 4 is 11.4 Å². The van der Waals surface area contributed by atoms with Crippen LogP contribution in [0.2, 0.25) is 0 Å². The second-order valence-electron chi connectivity index (χ2n) is 4.15. The van der Waals surface area contributed by atoms with Crippen LogP contribution in [0.25, 0.3) is 0 Å². The van der Waals surface area contributed by atoms with Crippen LogP contribution >= 0.6 is 0 Å². The lowest BCUT2D eigenvalue weighted by molar-refractivity contribution is -0.384. The zero-order valence-electron chi connectivity index (χ0n) is 10.3. The molecule has 0 amide bonds. The third-order valence-corrected chi connectivity index (χ3v) is 2.46. The van der Waals surface area contributed by atoms with Gasteiger partial charge in [-0.15, -0.1) is 0 Å². The van der Waals surface area contributed by atoms with Gasteiger partial charge in [0.05, 0.1) is 16.7 Å².